The first-order valence-electron chi connectivity index (χ1n) is 10.6. The van der Waals surface area contributed by atoms with Crippen LogP contribution in [0.25, 0.3) is 38.8 Å². The lowest BCUT2D eigenvalue weighted by Gasteiger charge is -2.08. The Labute approximate surface area is 195 Å². The summed E-state index contributed by atoms with van der Waals surface area (Å²) in [5.74, 6) is 0.665. The number of nitriles is 1. The molecule has 0 aliphatic carbocycles. The number of hydrogen-bond donors (Lipinski definition) is 1. The van der Waals surface area contributed by atoms with Gasteiger partial charge in [0.2, 0.25) is 0 Å². The van der Waals surface area contributed by atoms with Crippen LogP contribution < -0.4 is 10.1 Å². The Morgan fingerprint density at radius 3 is 2.70 bits per heavy atom. The number of aryl methyl sites for hydroxylation is 1. The molecule has 0 radical (unpaired) electrons. The molecule has 5 rings (SSSR count). The van der Waals surface area contributed by atoms with Crippen LogP contribution in [0.2, 0.25) is 0 Å². The molecule has 2 heterocycles. The average Bonchev–Trinajstić information content (AvgIpc) is 3.49. The average molecular weight is 452 g/mol. The minimum atomic E-state index is 0.447. The first kappa shape index (κ1) is 20.8. The van der Waals surface area contributed by atoms with Crippen LogP contribution in [-0.4, -0.2) is 12.1 Å². The van der Waals surface area contributed by atoms with E-state index >= 15 is 0 Å². The van der Waals surface area contributed by atoms with Crippen LogP contribution >= 0.6 is 11.3 Å². The summed E-state index contributed by atoms with van der Waals surface area (Å²) in [7, 11) is 1.63. The lowest BCUT2D eigenvalue weighted by molar-refractivity contribution is 0.417. The number of furan rings is 1. The zero-order valence-corrected chi connectivity index (χ0v) is 19.1. The molecule has 5 nitrogen and oxygen atoms in total. The summed E-state index contributed by atoms with van der Waals surface area (Å²) in [5, 5.41) is 17.6. The molecule has 5 aromatic rings. The fourth-order valence-electron chi connectivity index (χ4n) is 3.77. The molecule has 0 saturated carbocycles. The van der Waals surface area contributed by atoms with Crippen molar-refractivity contribution in [1.29, 1.82) is 5.26 Å². The van der Waals surface area contributed by atoms with Crippen LogP contribution in [0.3, 0.4) is 0 Å². The van der Waals surface area contributed by atoms with E-state index < -0.39 is 0 Å². The molecule has 0 aliphatic heterocycles. The van der Waals surface area contributed by atoms with Crippen molar-refractivity contribution >= 4 is 44.5 Å². The van der Waals surface area contributed by atoms with Gasteiger partial charge >= 0.3 is 0 Å². The monoisotopic (exact) mass is 451 g/mol. The number of methoxy groups -OCH3 is 1. The van der Waals surface area contributed by atoms with Gasteiger partial charge in [-0.25, -0.2) is 4.98 Å². The van der Waals surface area contributed by atoms with Gasteiger partial charge in [0.15, 0.2) is 0 Å². The molecule has 0 spiro atoms. The van der Waals surface area contributed by atoms with Crippen molar-refractivity contribution in [2.75, 3.05) is 12.4 Å². The maximum absolute atomic E-state index is 9.76. The van der Waals surface area contributed by atoms with E-state index in [1.54, 1.807) is 13.3 Å². The number of nitrogens with one attached hydrogen (secondary N) is 1. The molecule has 0 saturated heterocycles. The number of fused-ring (bicyclic) bond motifs is 3. The highest BCUT2D eigenvalue weighted by atomic mass is 32.1. The molecule has 0 unspecified atom stereocenters. The Morgan fingerprint density at radius 2 is 1.94 bits per heavy atom. The van der Waals surface area contributed by atoms with E-state index in [1.165, 1.54) is 16.9 Å². The van der Waals surface area contributed by atoms with Gasteiger partial charge in [0.05, 0.1) is 18.5 Å². The first-order valence-corrected chi connectivity index (χ1v) is 11.5. The van der Waals surface area contributed by atoms with Crippen molar-refractivity contribution < 1.29 is 9.15 Å². The zero-order chi connectivity index (χ0) is 22.8. The molecule has 6 heteroatoms. The van der Waals surface area contributed by atoms with Gasteiger partial charge in [0.1, 0.15) is 33.6 Å². The van der Waals surface area contributed by atoms with Gasteiger partial charge in [-0.3, -0.25) is 0 Å². The summed E-state index contributed by atoms with van der Waals surface area (Å²) in [5.41, 5.74) is 5.91. The van der Waals surface area contributed by atoms with Gasteiger partial charge < -0.3 is 14.5 Å². The van der Waals surface area contributed by atoms with Crippen LogP contribution in [0.1, 0.15) is 17.5 Å². The van der Waals surface area contributed by atoms with Gasteiger partial charge in [-0.15, -0.1) is 11.3 Å². The number of benzene rings is 3. The number of para-hydroxylation sites is 1. The lowest BCUT2D eigenvalue weighted by atomic mass is 10.1. The fraction of sp³-hybridized carbons (Fsp3) is 0.111. The highest BCUT2D eigenvalue weighted by molar-refractivity contribution is 7.11. The molecular weight excluding hydrogens is 430 g/mol. The summed E-state index contributed by atoms with van der Waals surface area (Å²) >= 11 is 1.45. The van der Waals surface area contributed by atoms with Gasteiger partial charge in [-0.05, 0) is 24.1 Å². The number of thiazole rings is 1. The number of rotatable bonds is 6. The predicted molar refractivity (Wildman–Crippen MR) is 134 cm³/mol. The van der Waals surface area contributed by atoms with Gasteiger partial charge in [-0.2, -0.15) is 5.26 Å². The van der Waals surface area contributed by atoms with Crippen molar-refractivity contribution in [1.82, 2.24) is 4.98 Å². The summed E-state index contributed by atoms with van der Waals surface area (Å²) in [6, 6.07) is 22.3. The molecule has 0 aliphatic rings. The Hall–Kier alpha value is -4.08. The molecule has 0 bridgehead atoms. The molecule has 0 fully saturated rings. The highest BCUT2D eigenvalue weighted by Crippen LogP contribution is 2.36. The van der Waals surface area contributed by atoms with Crippen LogP contribution in [0, 0.1) is 11.3 Å². The highest BCUT2D eigenvalue weighted by Gasteiger charge is 2.13. The summed E-state index contributed by atoms with van der Waals surface area (Å²) in [6.45, 7) is 2.13. The van der Waals surface area contributed by atoms with E-state index in [2.05, 4.69) is 47.6 Å². The van der Waals surface area contributed by atoms with Crippen molar-refractivity contribution in [3.63, 3.8) is 0 Å². The number of anilines is 1. The van der Waals surface area contributed by atoms with Crippen molar-refractivity contribution in [3.8, 4) is 23.1 Å². The van der Waals surface area contributed by atoms with Gasteiger partial charge in [0.25, 0.3) is 0 Å². The SMILES string of the molecule is CCc1ccc(-c2csc(C(C#N)=CNc3cc4oc5ccccc5c4cc3OC)n2)cc1. The molecule has 1 N–H and O–H groups in total. The Morgan fingerprint density at radius 1 is 1.12 bits per heavy atom. The van der Waals surface area contributed by atoms with Gasteiger partial charge in [0, 0.05) is 34.0 Å². The second-order valence-corrected chi connectivity index (χ2v) is 8.41. The van der Waals surface area contributed by atoms with Crippen LogP contribution in [0.5, 0.6) is 5.75 Å². The maximum atomic E-state index is 9.76. The maximum Gasteiger partial charge on any atom is 0.143 e. The summed E-state index contributed by atoms with van der Waals surface area (Å²) in [6.07, 6.45) is 2.66. The van der Waals surface area contributed by atoms with E-state index in [1.807, 2.05) is 41.8 Å². The third-order valence-corrected chi connectivity index (χ3v) is 6.46. The molecular formula is C27H21N3O2S. The van der Waals surface area contributed by atoms with E-state index in [0.29, 0.717) is 22.0 Å². The number of allylic oxidation sites excluding steroid dienone is 1. The van der Waals surface area contributed by atoms with Crippen LogP contribution in [0.15, 0.2) is 76.7 Å². The standard InChI is InChI=1S/C27H21N3O2S/c1-3-17-8-10-18(11-9-17)23-16-33-27(30-23)19(14-28)15-29-22-13-25-21(12-26(22)31-2)20-6-4-5-7-24(20)32-25/h4-13,15-16,29H,3H2,1-2H3. The Kier molecular flexibility index (Phi) is 5.55. The van der Waals surface area contributed by atoms with E-state index in [0.717, 1.165) is 39.6 Å². The molecule has 0 amide bonds. The van der Waals surface area contributed by atoms with E-state index in [-0.39, 0.29) is 0 Å². The first-order chi connectivity index (χ1) is 16.2. The van der Waals surface area contributed by atoms with E-state index in [4.69, 9.17) is 9.15 Å². The number of nitrogens with zero attached hydrogens (tertiary/aromatic N) is 2. The minimum Gasteiger partial charge on any atom is -0.495 e. The van der Waals surface area contributed by atoms with Gasteiger partial charge in [-0.1, -0.05) is 49.4 Å². The molecule has 33 heavy (non-hydrogen) atoms. The third kappa shape index (κ3) is 3.95. The number of ether oxygens (including phenoxy) is 1. The Bertz CT molecular complexity index is 1520. The lowest BCUT2D eigenvalue weighted by Crippen LogP contribution is -1.95. The van der Waals surface area contributed by atoms with Crippen molar-refractivity contribution in [3.05, 3.63) is 82.8 Å². The normalized spacial score (nSPS) is 11.6. The number of hydrogen-bond acceptors (Lipinski definition) is 6. The van der Waals surface area contributed by atoms with Crippen LogP contribution in [0.4, 0.5) is 5.69 Å². The molecule has 162 valence electrons. The summed E-state index contributed by atoms with van der Waals surface area (Å²) < 4.78 is 11.6. The van der Waals surface area contributed by atoms with Crippen molar-refractivity contribution in [2.24, 2.45) is 0 Å². The van der Waals surface area contributed by atoms with E-state index in [9.17, 15) is 5.26 Å². The quantitative estimate of drug-likeness (QED) is 0.275. The third-order valence-electron chi connectivity index (χ3n) is 5.58. The Balaban J connectivity index is 1.45. The topological polar surface area (TPSA) is 71.1 Å². The predicted octanol–water partition coefficient (Wildman–Crippen LogP) is 7.26. The smallest absolute Gasteiger partial charge is 0.143 e. The van der Waals surface area contributed by atoms with Crippen molar-refractivity contribution in [2.45, 2.75) is 13.3 Å². The molecule has 0 atom stereocenters. The number of aromatic nitrogens is 1. The second-order valence-electron chi connectivity index (χ2n) is 7.55. The second kappa shape index (κ2) is 8.81. The molecule has 3 aromatic carbocycles. The largest absolute Gasteiger partial charge is 0.495 e. The minimum absolute atomic E-state index is 0.447. The molecule has 2 aromatic heterocycles. The fourth-order valence-corrected chi connectivity index (χ4v) is 4.56. The summed E-state index contributed by atoms with van der Waals surface area (Å²) in [4.78, 5) is 4.68. The zero-order valence-electron chi connectivity index (χ0n) is 18.3. The van der Waals surface area contributed by atoms with Crippen LogP contribution in [-0.2, 0) is 6.42 Å².